The molecule has 7 nitrogen and oxygen atoms in total. The van der Waals surface area contributed by atoms with E-state index < -0.39 is 23.2 Å². The average Bonchev–Trinajstić information content (AvgIpc) is 3.51. The maximum atomic E-state index is 14.5. The Balaban J connectivity index is 1.32. The summed E-state index contributed by atoms with van der Waals surface area (Å²) < 4.78 is 34.7. The van der Waals surface area contributed by atoms with Gasteiger partial charge in [-0.15, -0.1) is 5.10 Å². The van der Waals surface area contributed by atoms with E-state index in [9.17, 15) is 13.9 Å². The van der Waals surface area contributed by atoms with Gasteiger partial charge in [-0.3, -0.25) is 4.98 Å². The van der Waals surface area contributed by atoms with E-state index in [0.29, 0.717) is 17.3 Å². The van der Waals surface area contributed by atoms with Crippen LogP contribution in [0.3, 0.4) is 0 Å². The number of fused-ring (bicyclic) bond motifs is 5. The third-order valence-corrected chi connectivity index (χ3v) is 8.79. The molecular weight excluding hydrogens is 476 g/mol. The highest BCUT2D eigenvalue weighted by Crippen LogP contribution is 2.69. The van der Waals surface area contributed by atoms with E-state index in [-0.39, 0.29) is 28.5 Å². The minimum absolute atomic E-state index is 0.124. The predicted octanol–water partition coefficient (Wildman–Crippen LogP) is 5.51. The molecule has 37 heavy (non-hydrogen) atoms. The van der Waals surface area contributed by atoms with Crippen molar-refractivity contribution in [2.45, 2.75) is 57.0 Å². The molecule has 3 aromatic heterocycles. The van der Waals surface area contributed by atoms with Crippen LogP contribution in [0, 0.1) is 23.0 Å². The van der Waals surface area contributed by atoms with Gasteiger partial charge in [-0.1, -0.05) is 19.9 Å². The minimum atomic E-state index is -0.665. The molecule has 3 atom stereocenters. The maximum absolute atomic E-state index is 14.5. The van der Waals surface area contributed by atoms with Crippen molar-refractivity contribution >= 4 is 0 Å². The van der Waals surface area contributed by atoms with Gasteiger partial charge >= 0.3 is 0 Å². The largest absolute Gasteiger partial charge is 0.443 e. The normalized spacial score (nSPS) is 24.3. The van der Waals surface area contributed by atoms with Crippen molar-refractivity contribution in [2.24, 2.45) is 11.3 Å². The van der Waals surface area contributed by atoms with E-state index >= 15 is 0 Å². The lowest BCUT2D eigenvalue weighted by Crippen LogP contribution is -2.38. The van der Waals surface area contributed by atoms with Crippen LogP contribution in [0.1, 0.15) is 74.2 Å². The Morgan fingerprint density at radius 3 is 2.57 bits per heavy atom. The Bertz CT molecular complexity index is 1530. The van der Waals surface area contributed by atoms with Crippen molar-refractivity contribution in [1.29, 1.82) is 0 Å². The van der Waals surface area contributed by atoms with Crippen molar-refractivity contribution in [3.63, 3.8) is 0 Å². The van der Waals surface area contributed by atoms with Crippen LogP contribution in [-0.4, -0.2) is 30.3 Å². The van der Waals surface area contributed by atoms with E-state index in [0.717, 1.165) is 42.6 Å². The van der Waals surface area contributed by atoms with Crippen molar-refractivity contribution in [3.05, 3.63) is 77.2 Å². The number of rotatable bonds is 5. The van der Waals surface area contributed by atoms with Gasteiger partial charge in [0.2, 0.25) is 5.89 Å². The van der Waals surface area contributed by atoms with Crippen LogP contribution in [-0.2, 0) is 5.41 Å². The van der Waals surface area contributed by atoms with Crippen LogP contribution in [0.2, 0.25) is 0 Å². The number of benzene rings is 1. The van der Waals surface area contributed by atoms with E-state index in [4.69, 9.17) is 9.40 Å². The van der Waals surface area contributed by atoms with Crippen LogP contribution >= 0.6 is 0 Å². The quantitative estimate of drug-likeness (QED) is 0.385. The van der Waals surface area contributed by atoms with Crippen molar-refractivity contribution in [1.82, 2.24) is 25.1 Å². The van der Waals surface area contributed by atoms with Crippen LogP contribution in [0.5, 0.6) is 0 Å². The standard InChI is InChI=1S/C28H25F2N5O2/c1-27(2)16-8-9-28(27,25-15(16)10-19(34-35-25)23-17(29)4-3-5-18(23)30)22-12-31-11-20(32-22)26-33-21(13-37-26)24(36)14-6-7-14/h3-5,10-14,16,24,36H,6-9H2,1-2H3/t16-,24+,28+/m0/s1. The van der Waals surface area contributed by atoms with Gasteiger partial charge in [0, 0.05) is 6.20 Å². The molecule has 0 saturated heterocycles. The fraction of sp³-hybridized carbons (Fsp3) is 0.393. The number of oxazole rings is 1. The third-order valence-electron chi connectivity index (χ3n) is 8.79. The highest BCUT2D eigenvalue weighted by atomic mass is 19.1. The zero-order chi connectivity index (χ0) is 25.5. The summed E-state index contributed by atoms with van der Waals surface area (Å²) in [5.74, 6) is -0.660. The van der Waals surface area contributed by atoms with Gasteiger partial charge in [-0.2, -0.15) is 5.10 Å². The molecule has 3 heterocycles. The molecule has 1 N–H and O–H groups in total. The molecule has 4 aromatic rings. The Hall–Kier alpha value is -3.59. The second kappa shape index (κ2) is 7.71. The number of aliphatic hydroxyl groups excluding tert-OH is 1. The minimum Gasteiger partial charge on any atom is -0.443 e. The summed E-state index contributed by atoms with van der Waals surface area (Å²) in [6.07, 6.45) is 7.86. The SMILES string of the molecule is CC1(C)[C@H]2CC[C@@]1(c1cncc(-c3nc([C@H](O)C4CC4)co3)n1)c1nnc(-c3c(F)cccc3F)cc12. The topological polar surface area (TPSA) is 97.8 Å². The predicted molar refractivity (Wildman–Crippen MR) is 129 cm³/mol. The molecule has 3 aliphatic carbocycles. The highest BCUT2D eigenvalue weighted by molar-refractivity contribution is 5.64. The summed E-state index contributed by atoms with van der Waals surface area (Å²) in [5.41, 5.74) is 2.61. The molecule has 0 radical (unpaired) electrons. The Kier molecular flexibility index (Phi) is 4.71. The second-order valence-electron chi connectivity index (χ2n) is 11.0. The molecule has 2 bridgehead atoms. The second-order valence-corrected chi connectivity index (χ2v) is 11.0. The van der Waals surface area contributed by atoms with E-state index in [1.54, 1.807) is 18.5 Å². The first-order chi connectivity index (χ1) is 17.8. The first-order valence-corrected chi connectivity index (χ1v) is 12.6. The monoisotopic (exact) mass is 501 g/mol. The van der Waals surface area contributed by atoms with Gasteiger partial charge in [0.1, 0.15) is 35.4 Å². The first kappa shape index (κ1) is 22.6. The molecule has 2 saturated carbocycles. The van der Waals surface area contributed by atoms with Gasteiger partial charge < -0.3 is 9.52 Å². The molecule has 2 fully saturated rings. The lowest BCUT2D eigenvalue weighted by molar-refractivity contribution is 0.149. The van der Waals surface area contributed by atoms with Crippen molar-refractivity contribution < 1.29 is 18.3 Å². The number of hydrogen-bond donors (Lipinski definition) is 1. The molecule has 0 aliphatic heterocycles. The van der Waals surface area contributed by atoms with Crippen LogP contribution < -0.4 is 0 Å². The highest BCUT2D eigenvalue weighted by Gasteiger charge is 2.65. The summed E-state index contributed by atoms with van der Waals surface area (Å²) in [6, 6.07) is 5.58. The number of aromatic nitrogens is 5. The van der Waals surface area contributed by atoms with Crippen LogP contribution in [0.15, 0.2) is 47.3 Å². The molecule has 0 spiro atoms. The number of halogens is 2. The Morgan fingerprint density at radius 1 is 1.03 bits per heavy atom. The molecule has 9 heteroatoms. The summed E-state index contributed by atoms with van der Waals surface area (Å²) >= 11 is 0. The average molecular weight is 502 g/mol. The summed E-state index contributed by atoms with van der Waals surface area (Å²) in [4.78, 5) is 13.9. The third kappa shape index (κ3) is 3.09. The van der Waals surface area contributed by atoms with Gasteiger partial charge in [-0.05, 0) is 66.7 Å². The van der Waals surface area contributed by atoms with E-state index in [2.05, 4.69) is 34.0 Å². The fourth-order valence-corrected chi connectivity index (χ4v) is 6.62. The summed E-state index contributed by atoms with van der Waals surface area (Å²) in [6.45, 7) is 4.36. The smallest absolute Gasteiger partial charge is 0.247 e. The summed E-state index contributed by atoms with van der Waals surface area (Å²) in [5, 5.41) is 19.3. The molecule has 0 amide bonds. The van der Waals surface area contributed by atoms with E-state index in [1.165, 1.54) is 24.5 Å². The number of aliphatic hydroxyl groups is 1. The van der Waals surface area contributed by atoms with Crippen LogP contribution in [0.25, 0.3) is 22.8 Å². The zero-order valence-electron chi connectivity index (χ0n) is 20.4. The molecule has 7 rings (SSSR count). The van der Waals surface area contributed by atoms with Gasteiger partial charge in [-0.25, -0.2) is 18.7 Å². The Morgan fingerprint density at radius 2 is 1.81 bits per heavy atom. The molecular formula is C28H25F2N5O2. The van der Waals surface area contributed by atoms with Crippen LogP contribution in [0.4, 0.5) is 8.78 Å². The van der Waals surface area contributed by atoms with Crippen molar-refractivity contribution in [2.75, 3.05) is 0 Å². The lowest BCUT2D eigenvalue weighted by atomic mass is 9.66. The molecule has 0 unspecified atom stereocenters. The van der Waals surface area contributed by atoms with Gasteiger partial charge in [0.15, 0.2) is 0 Å². The van der Waals surface area contributed by atoms with Crippen molar-refractivity contribution in [3.8, 4) is 22.8 Å². The van der Waals surface area contributed by atoms with Gasteiger partial charge in [0.25, 0.3) is 0 Å². The Labute approximate surface area is 212 Å². The summed E-state index contributed by atoms with van der Waals surface area (Å²) in [7, 11) is 0. The maximum Gasteiger partial charge on any atom is 0.247 e. The molecule has 1 aromatic carbocycles. The molecule has 3 aliphatic rings. The number of nitrogens with zero attached hydrogens (tertiary/aromatic N) is 5. The van der Waals surface area contributed by atoms with E-state index in [1.807, 2.05) is 0 Å². The fourth-order valence-electron chi connectivity index (χ4n) is 6.62. The zero-order valence-corrected chi connectivity index (χ0v) is 20.4. The van der Waals surface area contributed by atoms with Gasteiger partial charge in [0.05, 0.1) is 34.3 Å². The lowest BCUT2D eigenvalue weighted by Gasteiger charge is -2.37. The number of hydrogen-bond acceptors (Lipinski definition) is 7. The molecule has 188 valence electrons. The first-order valence-electron chi connectivity index (χ1n) is 12.6.